The number of nitrogens with two attached hydrogens (primary N) is 3. The van der Waals surface area contributed by atoms with Crippen LogP contribution in [0.3, 0.4) is 0 Å². The molecule has 0 atom stereocenters. The second-order valence-electron chi connectivity index (χ2n) is 20.2. The Hall–Kier alpha value is -11.9. The molecule has 8 aromatic heterocycles. The lowest BCUT2D eigenvalue weighted by atomic mass is 10.2. The van der Waals surface area contributed by atoms with Crippen LogP contribution in [-0.2, 0) is 71.8 Å². The Labute approximate surface area is 636 Å². The van der Waals surface area contributed by atoms with Crippen LogP contribution in [0.1, 0.15) is 93.4 Å². The zero-order valence-corrected chi connectivity index (χ0v) is 64.9. The monoisotopic (exact) mass is 1610 g/mol. The quantitative estimate of drug-likeness (QED) is 0.00727. The average molecular weight is 1610 g/mol. The van der Waals surface area contributed by atoms with E-state index in [0.29, 0.717) is 32.1 Å². The van der Waals surface area contributed by atoms with Crippen LogP contribution in [0.2, 0.25) is 0 Å². The van der Waals surface area contributed by atoms with Crippen LogP contribution >= 0.6 is 47.0 Å². The topological polar surface area (TPSA) is 606 Å². The highest BCUT2D eigenvalue weighted by Gasteiger charge is 2.26. The number of H-pyrrole nitrogens is 3. The van der Waals surface area contributed by atoms with Crippen molar-refractivity contribution >= 4 is 184 Å². The number of ether oxygens (including phenoxy) is 7. The highest BCUT2D eigenvalue weighted by Crippen LogP contribution is 2.23. The van der Waals surface area contributed by atoms with E-state index in [0.717, 1.165) is 18.7 Å². The van der Waals surface area contributed by atoms with Gasteiger partial charge in [-0.25, -0.2) is 86.8 Å². The van der Waals surface area contributed by atoms with Gasteiger partial charge >= 0.3 is 41.8 Å². The first-order chi connectivity index (χ1) is 51.7. The van der Waals surface area contributed by atoms with Gasteiger partial charge in [-0.15, -0.1) is 0 Å². The molecule has 0 aliphatic carbocycles. The lowest BCUT2D eigenvalue weighted by molar-refractivity contribution is -0.148. The molecule has 0 aliphatic rings. The molecule has 584 valence electrons. The number of nitrogens with one attached hydrogen (secondary N) is 7. The Bertz CT molecular complexity index is 5040. The number of rotatable bonds is 25. The van der Waals surface area contributed by atoms with Crippen molar-refractivity contribution in [2.24, 2.45) is 0 Å². The van der Waals surface area contributed by atoms with Gasteiger partial charge < -0.3 is 86.6 Å². The van der Waals surface area contributed by atoms with Crippen molar-refractivity contribution in [3.8, 4) is 0 Å². The Morgan fingerprint density at radius 2 is 0.761 bits per heavy atom. The summed E-state index contributed by atoms with van der Waals surface area (Å²) in [6, 6.07) is 2.94. The summed E-state index contributed by atoms with van der Waals surface area (Å²) < 4.78 is 56.5. The van der Waals surface area contributed by atoms with E-state index in [1.165, 1.54) is 91.6 Å². The van der Waals surface area contributed by atoms with Crippen molar-refractivity contribution in [1.82, 2.24) is 64.8 Å². The number of thioether (sulfide) groups is 4. The van der Waals surface area contributed by atoms with Crippen molar-refractivity contribution in [1.29, 1.82) is 0 Å². The van der Waals surface area contributed by atoms with E-state index < -0.39 is 73.1 Å². The fourth-order valence-corrected chi connectivity index (χ4v) is 10.0. The number of hydrogen-bond donors (Lipinski definition) is 10. The second-order valence-corrected chi connectivity index (χ2v) is 25.2. The molecule has 0 spiro atoms. The maximum atomic E-state index is 12.5. The van der Waals surface area contributed by atoms with Gasteiger partial charge in [-0.05, 0) is 73.5 Å². The minimum absolute atomic E-state index is 0.0403. The van der Waals surface area contributed by atoms with Gasteiger partial charge in [0.15, 0.2) is 37.6 Å². The molecule has 0 aliphatic heterocycles. The van der Waals surface area contributed by atoms with Gasteiger partial charge in [0, 0.05) is 63.2 Å². The standard InChI is InChI=1S/C15H20N4O5S.C13H14N4O4S.C13H18N4O4S.C11H12N4O5S.C11H12N4O3S/c1-5-23-13(21)10(14(22)24-6-2)8-16-11-7-12(17-9(3)20)19-15(18-11)25-4;1-4-21-12(20)7-5-14-10-8(9(7)19)11(15-6(2)18)17-13(16-10)22-3;1-4-20-11(18)8(12(19)21-5-2)7-15-10-6-9(14)16-13(17-10)22-3;1-3-20-10(17)5-4-13-9-6(7(5)16)8(12)14-11(15-9)21(2,18)19;1-3-18-10(17)5-4-13-9-6(7(5)16)8(12)14-11(15-9)19-2/h7-8H,5-6H2,1-4H3,(H2,16,17,18,19,20);5H,4H2,1-3H3,(H2,14,15,16,17,18,19);6-7H,4-5H2,1-3H3,(H3,14,15,16,17);4H,3H2,1-2H3,(H3,12,13,14,15,16);4H,3H2,1-2H3,(H3,12,13,14,15,16). The van der Waals surface area contributed by atoms with Crippen LogP contribution in [0.15, 0.2) is 94.4 Å². The number of sulfone groups is 1. The summed E-state index contributed by atoms with van der Waals surface area (Å²) in [6.45, 7) is 15.1. The van der Waals surface area contributed by atoms with Gasteiger partial charge in [0.2, 0.25) is 37.9 Å². The highest BCUT2D eigenvalue weighted by atomic mass is 32.2. The summed E-state index contributed by atoms with van der Waals surface area (Å²) in [4.78, 5) is 190. The van der Waals surface area contributed by atoms with Gasteiger partial charge in [-0.1, -0.05) is 47.0 Å². The number of aromatic amines is 3. The second kappa shape index (κ2) is 43.6. The molecule has 0 saturated carbocycles. The Balaban J connectivity index is 0.000000288. The van der Waals surface area contributed by atoms with Crippen molar-refractivity contribution in [3.05, 3.63) is 102 Å². The molecule has 2 amide bonds. The van der Waals surface area contributed by atoms with Crippen molar-refractivity contribution in [2.75, 3.05) is 116 Å². The smallest absolute Gasteiger partial charge is 0.347 e. The first-order valence-corrected chi connectivity index (χ1v) is 38.4. The van der Waals surface area contributed by atoms with Crippen LogP contribution < -0.4 is 54.8 Å². The first-order valence-electron chi connectivity index (χ1n) is 31.6. The fourth-order valence-electron chi connectivity index (χ4n) is 8.01. The van der Waals surface area contributed by atoms with Crippen molar-refractivity contribution < 1.29 is 84.7 Å². The Morgan fingerprint density at radius 3 is 1.14 bits per heavy atom. The molecule has 46 heteroatoms. The molecule has 0 fully saturated rings. The van der Waals surface area contributed by atoms with E-state index in [9.17, 15) is 66.0 Å². The minimum Gasteiger partial charge on any atom is -0.462 e. The number of anilines is 7. The Kier molecular flexibility index (Phi) is 35.8. The molecule has 0 radical (unpaired) electrons. The fraction of sp³-hybridized carbons (Fsp3) is 0.333. The normalized spacial score (nSPS) is 10.4. The number of nitrogens with zero attached hydrogens (tertiary/aromatic N) is 10. The molecule has 8 aromatic rings. The molecule has 8 rings (SSSR count). The summed E-state index contributed by atoms with van der Waals surface area (Å²) in [6.07, 6.45) is 14.0. The molecule has 0 aromatic carbocycles. The summed E-state index contributed by atoms with van der Waals surface area (Å²) in [7, 11) is -3.68. The number of pyridine rings is 3. The number of aromatic nitrogens is 13. The maximum Gasteiger partial charge on any atom is 0.347 e. The van der Waals surface area contributed by atoms with Crippen LogP contribution in [0.4, 0.5) is 40.7 Å². The van der Waals surface area contributed by atoms with Crippen molar-refractivity contribution in [2.45, 2.75) is 88.1 Å². The first kappa shape index (κ1) is 89.5. The highest BCUT2D eigenvalue weighted by molar-refractivity contribution is 7.99. The lowest BCUT2D eigenvalue weighted by Gasteiger charge is -2.09. The molecular formula is C63H76N20O21S5. The third-order valence-electron chi connectivity index (χ3n) is 12.5. The van der Waals surface area contributed by atoms with Crippen LogP contribution in [-0.4, -0.2) is 204 Å². The summed E-state index contributed by atoms with van der Waals surface area (Å²) >= 11 is 5.15. The molecule has 8 heterocycles. The van der Waals surface area contributed by atoms with Gasteiger partial charge in [-0.2, -0.15) is 4.98 Å². The number of esters is 7. The molecular weight excluding hydrogens is 1530 g/mol. The zero-order valence-electron chi connectivity index (χ0n) is 60.8. The lowest BCUT2D eigenvalue weighted by Crippen LogP contribution is -2.21. The van der Waals surface area contributed by atoms with Crippen LogP contribution in [0, 0.1) is 0 Å². The third-order valence-corrected chi connectivity index (χ3v) is 15.5. The number of carbonyl (C=O) groups is 9. The number of amides is 2. The van der Waals surface area contributed by atoms with Gasteiger partial charge in [0.1, 0.15) is 84.7 Å². The van der Waals surface area contributed by atoms with E-state index >= 15 is 0 Å². The van der Waals surface area contributed by atoms with Crippen LogP contribution in [0.25, 0.3) is 33.1 Å². The molecule has 0 saturated heterocycles. The number of fused-ring (bicyclic) bond motifs is 3. The van der Waals surface area contributed by atoms with E-state index in [-0.39, 0.29) is 148 Å². The molecule has 109 heavy (non-hydrogen) atoms. The molecule has 13 N–H and O–H groups in total. The summed E-state index contributed by atoms with van der Waals surface area (Å²) in [5, 5.41) is 11.7. The zero-order chi connectivity index (χ0) is 81.4. The predicted molar refractivity (Wildman–Crippen MR) is 404 cm³/mol. The Morgan fingerprint density at radius 1 is 0.431 bits per heavy atom. The number of hydrogen-bond acceptors (Lipinski definition) is 40. The minimum atomic E-state index is -3.68. The summed E-state index contributed by atoms with van der Waals surface area (Å²) in [5.74, 6) is -5.12. The van der Waals surface area contributed by atoms with E-state index in [2.05, 4.69) is 86.1 Å². The predicted octanol–water partition coefficient (Wildman–Crippen LogP) is 4.24. The third kappa shape index (κ3) is 26.2. The number of carbonyl (C=O) groups excluding carboxylic acids is 9. The molecule has 41 nitrogen and oxygen atoms in total. The average Bonchev–Trinajstić information content (AvgIpc) is 0.783. The van der Waals surface area contributed by atoms with E-state index in [4.69, 9.17) is 50.4 Å². The number of nitrogen functional groups attached to an aromatic ring is 3. The van der Waals surface area contributed by atoms with Gasteiger partial charge in [-0.3, -0.25) is 24.0 Å². The largest absolute Gasteiger partial charge is 0.462 e. The molecule has 0 unspecified atom stereocenters. The SMILES string of the molecule is CCOC(=O)C(=CNc1cc(N)nc(SC)n1)C(=O)OCC.CCOC(=O)C(=CNc1cc(NC(C)=O)nc(SC)n1)C(=O)OCC.CCOC(=O)c1c[nH]c2nc(S(C)(=O)=O)nc(N)c2c1=O.CCOC(=O)c1c[nH]c2nc(SC)nc(N)c2c1=O.CCOC(=O)c1c[nH]c2nc(SC)nc(NC(C)=O)c2c1=O. The molecule has 0 bridgehead atoms. The van der Waals surface area contributed by atoms with Gasteiger partial charge in [0.25, 0.3) is 5.16 Å². The maximum absolute atomic E-state index is 12.5. The van der Waals surface area contributed by atoms with Crippen molar-refractivity contribution in [3.63, 3.8) is 0 Å². The van der Waals surface area contributed by atoms with Gasteiger partial charge in [0.05, 0.1) is 46.2 Å². The van der Waals surface area contributed by atoms with Crippen LogP contribution in [0.5, 0.6) is 0 Å². The van der Waals surface area contributed by atoms with E-state index in [1.54, 1.807) is 73.5 Å². The van der Waals surface area contributed by atoms with E-state index in [1.807, 2.05) is 0 Å². The summed E-state index contributed by atoms with van der Waals surface area (Å²) in [5.41, 5.74) is 14.5.